The maximum Gasteiger partial charge on any atom is 0.418 e. The molecule has 0 atom stereocenters. The van der Waals surface area contributed by atoms with E-state index in [0.717, 1.165) is 37.7 Å². The van der Waals surface area contributed by atoms with Crippen LogP contribution in [0.5, 0.6) is 0 Å². The van der Waals surface area contributed by atoms with Gasteiger partial charge in [-0.15, -0.1) is 0 Å². The molecule has 1 aliphatic carbocycles. The van der Waals surface area contributed by atoms with E-state index in [1.807, 2.05) is 0 Å². The first-order valence-electron chi connectivity index (χ1n) is 7.64. The molecule has 122 valence electrons. The van der Waals surface area contributed by atoms with Gasteiger partial charge in [-0.1, -0.05) is 25.5 Å². The average Bonchev–Trinajstić information content (AvgIpc) is 2.47. The van der Waals surface area contributed by atoms with Crippen molar-refractivity contribution in [1.82, 2.24) is 5.32 Å². The highest BCUT2D eigenvalue weighted by Crippen LogP contribution is 2.34. The van der Waals surface area contributed by atoms with Crippen LogP contribution >= 0.6 is 12.2 Å². The SMILES string of the molecule is CCC1CCC(NC(=S)Nc2ccccc2C(F)(F)F)CC1. The monoisotopic (exact) mass is 330 g/mol. The molecule has 0 spiro atoms. The summed E-state index contributed by atoms with van der Waals surface area (Å²) in [5.74, 6) is 0.769. The van der Waals surface area contributed by atoms with E-state index in [2.05, 4.69) is 17.6 Å². The van der Waals surface area contributed by atoms with Crippen molar-refractivity contribution in [3.8, 4) is 0 Å². The van der Waals surface area contributed by atoms with Gasteiger partial charge in [-0.05, 0) is 56.0 Å². The van der Waals surface area contributed by atoms with Gasteiger partial charge in [0.25, 0.3) is 0 Å². The lowest BCUT2D eigenvalue weighted by Gasteiger charge is -2.29. The zero-order chi connectivity index (χ0) is 16.2. The van der Waals surface area contributed by atoms with Crippen LogP contribution in [0, 0.1) is 5.92 Å². The number of alkyl halides is 3. The van der Waals surface area contributed by atoms with Crippen LogP contribution in [0.15, 0.2) is 24.3 Å². The van der Waals surface area contributed by atoms with Gasteiger partial charge in [0.05, 0.1) is 11.3 Å². The Balaban J connectivity index is 1.93. The fraction of sp³-hybridized carbons (Fsp3) is 0.562. The number of anilines is 1. The Kier molecular flexibility index (Phi) is 5.67. The highest BCUT2D eigenvalue weighted by Gasteiger charge is 2.33. The molecule has 1 aliphatic rings. The second-order valence-electron chi connectivity index (χ2n) is 5.77. The van der Waals surface area contributed by atoms with E-state index in [-0.39, 0.29) is 16.8 Å². The molecule has 0 aliphatic heterocycles. The number of benzene rings is 1. The number of halogens is 3. The van der Waals surface area contributed by atoms with Crippen molar-refractivity contribution in [2.75, 3.05) is 5.32 Å². The molecule has 6 heteroatoms. The van der Waals surface area contributed by atoms with E-state index in [1.165, 1.54) is 18.6 Å². The minimum atomic E-state index is -4.39. The molecule has 22 heavy (non-hydrogen) atoms. The lowest BCUT2D eigenvalue weighted by Crippen LogP contribution is -2.40. The van der Waals surface area contributed by atoms with Gasteiger partial charge in [0.1, 0.15) is 0 Å². The molecule has 2 N–H and O–H groups in total. The number of thiocarbonyl (C=S) groups is 1. The van der Waals surface area contributed by atoms with E-state index in [1.54, 1.807) is 6.07 Å². The van der Waals surface area contributed by atoms with E-state index in [9.17, 15) is 13.2 Å². The maximum absolute atomic E-state index is 12.9. The molecule has 0 radical (unpaired) electrons. The zero-order valence-electron chi connectivity index (χ0n) is 12.5. The molecule has 1 aromatic carbocycles. The van der Waals surface area contributed by atoms with E-state index < -0.39 is 11.7 Å². The molecule has 1 fully saturated rings. The van der Waals surface area contributed by atoms with Crippen LogP contribution in [0.1, 0.15) is 44.6 Å². The van der Waals surface area contributed by atoms with Gasteiger partial charge in [-0.3, -0.25) is 0 Å². The number of rotatable bonds is 3. The van der Waals surface area contributed by atoms with Gasteiger partial charge in [0, 0.05) is 6.04 Å². The fourth-order valence-electron chi connectivity index (χ4n) is 2.90. The predicted molar refractivity (Wildman–Crippen MR) is 86.8 cm³/mol. The predicted octanol–water partition coefficient (Wildman–Crippen LogP) is 4.96. The first kappa shape index (κ1) is 17.1. The molecule has 0 heterocycles. The van der Waals surface area contributed by atoms with Crippen LogP contribution in [0.25, 0.3) is 0 Å². The molecule has 0 unspecified atom stereocenters. The Morgan fingerprint density at radius 1 is 1.18 bits per heavy atom. The Hall–Kier alpha value is -1.30. The molecule has 1 saturated carbocycles. The highest BCUT2D eigenvalue weighted by atomic mass is 32.1. The maximum atomic E-state index is 12.9. The quantitative estimate of drug-likeness (QED) is 0.766. The third-order valence-corrected chi connectivity index (χ3v) is 4.46. The second kappa shape index (κ2) is 7.31. The molecule has 0 bridgehead atoms. The van der Waals surface area contributed by atoms with Gasteiger partial charge in [-0.25, -0.2) is 0 Å². The van der Waals surface area contributed by atoms with Gasteiger partial charge in [0.2, 0.25) is 0 Å². The van der Waals surface area contributed by atoms with E-state index in [0.29, 0.717) is 0 Å². The number of hydrogen-bond acceptors (Lipinski definition) is 1. The van der Waals surface area contributed by atoms with Crippen LogP contribution < -0.4 is 10.6 Å². The summed E-state index contributed by atoms with van der Waals surface area (Å²) in [5, 5.41) is 6.09. The van der Waals surface area contributed by atoms with Gasteiger partial charge >= 0.3 is 6.18 Å². The van der Waals surface area contributed by atoms with Crippen molar-refractivity contribution in [1.29, 1.82) is 0 Å². The fourth-order valence-corrected chi connectivity index (χ4v) is 3.17. The van der Waals surface area contributed by atoms with Crippen molar-refractivity contribution in [2.24, 2.45) is 5.92 Å². The Labute approximate surface area is 134 Å². The summed E-state index contributed by atoms with van der Waals surface area (Å²) in [5.41, 5.74) is -0.705. The third kappa shape index (κ3) is 4.60. The summed E-state index contributed by atoms with van der Waals surface area (Å²) in [6.07, 6.45) is 1.13. The average molecular weight is 330 g/mol. The first-order chi connectivity index (χ1) is 10.4. The summed E-state index contributed by atoms with van der Waals surface area (Å²) in [6, 6.07) is 5.63. The first-order valence-corrected chi connectivity index (χ1v) is 8.04. The summed E-state index contributed by atoms with van der Waals surface area (Å²) in [6.45, 7) is 2.19. The summed E-state index contributed by atoms with van der Waals surface area (Å²) >= 11 is 5.17. The molecule has 2 nitrogen and oxygen atoms in total. The van der Waals surface area contributed by atoms with Crippen molar-refractivity contribution in [3.05, 3.63) is 29.8 Å². The summed E-state index contributed by atoms with van der Waals surface area (Å²) < 4.78 is 38.8. The van der Waals surface area contributed by atoms with Crippen molar-refractivity contribution in [3.63, 3.8) is 0 Å². The summed E-state index contributed by atoms with van der Waals surface area (Å²) in [4.78, 5) is 0. The molecule has 1 aromatic rings. The number of nitrogens with one attached hydrogen (secondary N) is 2. The van der Waals surface area contributed by atoms with E-state index >= 15 is 0 Å². The van der Waals surface area contributed by atoms with E-state index in [4.69, 9.17) is 12.2 Å². The van der Waals surface area contributed by atoms with Crippen molar-refractivity contribution < 1.29 is 13.2 Å². The van der Waals surface area contributed by atoms with Crippen LogP contribution in [0.2, 0.25) is 0 Å². The van der Waals surface area contributed by atoms with Crippen molar-refractivity contribution >= 4 is 23.0 Å². The lowest BCUT2D eigenvalue weighted by molar-refractivity contribution is -0.136. The molecule has 0 amide bonds. The highest BCUT2D eigenvalue weighted by molar-refractivity contribution is 7.80. The molecule has 2 rings (SSSR count). The Bertz CT molecular complexity index is 508. The van der Waals surface area contributed by atoms with Crippen LogP contribution in [0.3, 0.4) is 0 Å². The minimum Gasteiger partial charge on any atom is -0.360 e. The standard InChI is InChI=1S/C16H21F3N2S/c1-2-11-7-9-12(10-8-11)20-15(22)21-14-6-4-3-5-13(14)16(17,18)19/h3-6,11-12H,2,7-10H2,1H3,(H2,20,21,22). The largest absolute Gasteiger partial charge is 0.418 e. The molecule has 0 aromatic heterocycles. The zero-order valence-corrected chi connectivity index (χ0v) is 13.4. The minimum absolute atomic E-state index is 0.00487. The second-order valence-corrected chi connectivity index (χ2v) is 6.18. The third-order valence-electron chi connectivity index (χ3n) is 4.24. The Morgan fingerprint density at radius 2 is 1.82 bits per heavy atom. The summed E-state index contributed by atoms with van der Waals surface area (Å²) in [7, 11) is 0. The smallest absolute Gasteiger partial charge is 0.360 e. The number of para-hydroxylation sites is 1. The topological polar surface area (TPSA) is 24.1 Å². The molecular weight excluding hydrogens is 309 g/mol. The Morgan fingerprint density at radius 3 is 2.41 bits per heavy atom. The van der Waals surface area contributed by atoms with Crippen LogP contribution in [-0.2, 0) is 6.18 Å². The normalized spacial score (nSPS) is 22.2. The molecule has 0 saturated heterocycles. The molecular formula is C16H21F3N2S. The van der Waals surface area contributed by atoms with Crippen molar-refractivity contribution in [2.45, 2.75) is 51.2 Å². The van der Waals surface area contributed by atoms with Gasteiger partial charge in [-0.2, -0.15) is 13.2 Å². The number of hydrogen-bond donors (Lipinski definition) is 2. The van der Waals surface area contributed by atoms with Crippen LogP contribution in [0.4, 0.5) is 18.9 Å². The van der Waals surface area contributed by atoms with Crippen LogP contribution in [-0.4, -0.2) is 11.2 Å². The lowest BCUT2D eigenvalue weighted by atomic mass is 9.85. The van der Waals surface area contributed by atoms with Gasteiger partial charge < -0.3 is 10.6 Å². The van der Waals surface area contributed by atoms with Gasteiger partial charge in [0.15, 0.2) is 5.11 Å².